The Morgan fingerprint density at radius 3 is 2.02 bits per heavy atom. The number of aromatic nitrogens is 2. The number of carbonyl (C=O) groups excluding carboxylic acids is 2. The predicted molar refractivity (Wildman–Crippen MR) is 132 cm³/mol. The van der Waals surface area contributed by atoms with Gasteiger partial charge in [0, 0.05) is 29.0 Å². The van der Waals surface area contributed by atoms with Gasteiger partial charge in [0.1, 0.15) is 0 Å². The SMILES string of the molecule is N#CCCN(C(=O)c1cnc(F)nc1)c1cccc(C(=O)Nc2c(Br)cc(C(F)(C(F)(F)F)C(F)(F)F)cc2C(F)(F)F)c1F. The number of alkyl halides is 10. The molecule has 7 nitrogen and oxygen atoms in total. The van der Waals surface area contributed by atoms with E-state index < -0.39 is 105 Å². The van der Waals surface area contributed by atoms with Crippen molar-refractivity contribution in [3.05, 3.63) is 81.3 Å². The number of amides is 2. The molecule has 0 atom stereocenters. The summed E-state index contributed by atoms with van der Waals surface area (Å²) in [5.41, 5.74) is -14.9. The van der Waals surface area contributed by atoms with Gasteiger partial charge in [-0.3, -0.25) is 9.59 Å². The lowest BCUT2D eigenvalue weighted by atomic mass is 9.92. The summed E-state index contributed by atoms with van der Waals surface area (Å²) in [5.74, 6) is -4.43. The van der Waals surface area contributed by atoms with Crippen LogP contribution in [0.15, 0.2) is 47.2 Å². The van der Waals surface area contributed by atoms with Gasteiger partial charge in [-0.15, -0.1) is 0 Å². The molecule has 0 aliphatic rings. The second-order valence-corrected chi connectivity index (χ2v) is 9.59. The van der Waals surface area contributed by atoms with E-state index in [1.54, 1.807) is 6.07 Å². The smallest absolute Gasteiger partial charge is 0.320 e. The molecule has 1 aromatic heterocycles. The van der Waals surface area contributed by atoms with Gasteiger partial charge in [0.2, 0.25) is 0 Å². The molecule has 240 valence electrons. The first-order valence-corrected chi connectivity index (χ1v) is 12.4. The maximum atomic E-state index is 15.6. The van der Waals surface area contributed by atoms with Crippen LogP contribution in [0.5, 0.6) is 0 Å². The number of nitrogens with one attached hydrogen (secondary N) is 1. The van der Waals surface area contributed by atoms with Crippen LogP contribution < -0.4 is 10.2 Å². The third-order valence-corrected chi connectivity index (χ3v) is 6.51. The van der Waals surface area contributed by atoms with Gasteiger partial charge in [-0.1, -0.05) is 6.07 Å². The highest BCUT2D eigenvalue weighted by atomic mass is 79.9. The first-order chi connectivity index (χ1) is 20.6. The van der Waals surface area contributed by atoms with Gasteiger partial charge in [-0.2, -0.15) is 49.2 Å². The van der Waals surface area contributed by atoms with Gasteiger partial charge in [0.15, 0.2) is 5.82 Å². The zero-order valence-corrected chi connectivity index (χ0v) is 23.1. The van der Waals surface area contributed by atoms with Crippen LogP contribution in [0.2, 0.25) is 0 Å². The topological polar surface area (TPSA) is 99.0 Å². The Morgan fingerprint density at radius 2 is 1.51 bits per heavy atom. The molecule has 1 N–H and O–H groups in total. The average Bonchev–Trinajstić information content (AvgIpc) is 2.92. The molecule has 45 heavy (non-hydrogen) atoms. The van der Waals surface area contributed by atoms with E-state index in [9.17, 15) is 57.9 Å². The van der Waals surface area contributed by atoms with E-state index in [4.69, 9.17) is 5.26 Å². The normalized spacial score (nSPS) is 12.4. The van der Waals surface area contributed by atoms with Gasteiger partial charge in [0.05, 0.1) is 40.6 Å². The monoisotopic (exact) mass is 721 g/mol. The molecule has 2 aromatic carbocycles. The quantitative estimate of drug-likeness (QED) is 0.200. The number of nitrogens with zero attached hydrogens (tertiary/aromatic N) is 4. The minimum Gasteiger partial charge on any atom is -0.320 e. The Balaban J connectivity index is 2.12. The molecule has 0 bridgehead atoms. The van der Waals surface area contributed by atoms with Crippen molar-refractivity contribution in [3.8, 4) is 6.07 Å². The average molecular weight is 722 g/mol. The highest BCUT2D eigenvalue weighted by Crippen LogP contribution is 2.55. The van der Waals surface area contributed by atoms with Crippen LogP contribution in [0.3, 0.4) is 0 Å². The second kappa shape index (κ2) is 12.5. The van der Waals surface area contributed by atoms with Crippen LogP contribution in [-0.4, -0.2) is 40.7 Å². The molecule has 0 aliphatic heterocycles. The van der Waals surface area contributed by atoms with Crippen molar-refractivity contribution >= 4 is 39.1 Å². The number of nitriles is 1. The Hall–Kier alpha value is -4.41. The van der Waals surface area contributed by atoms with Crippen LogP contribution >= 0.6 is 15.9 Å². The van der Waals surface area contributed by atoms with Crippen molar-refractivity contribution in [2.45, 2.75) is 30.6 Å². The summed E-state index contributed by atoms with van der Waals surface area (Å²) in [6, 6.07) is 3.12. The third-order valence-electron chi connectivity index (χ3n) is 5.89. The van der Waals surface area contributed by atoms with Crippen LogP contribution in [0, 0.1) is 23.2 Å². The van der Waals surface area contributed by atoms with Crippen molar-refractivity contribution in [2.24, 2.45) is 0 Å². The van der Waals surface area contributed by atoms with Crippen LogP contribution in [-0.2, 0) is 11.8 Å². The van der Waals surface area contributed by atoms with Crippen molar-refractivity contribution < 1.29 is 62.3 Å². The molecule has 0 saturated heterocycles. The maximum Gasteiger partial charge on any atom is 0.435 e. The number of hydrogen-bond donors (Lipinski definition) is 1. The molecule has 2 amide bonds. The Kier molecular flexibility index (Phi) is 9.77. The Morgan fingerprint density at radius 1 is 0.933 bits per heavy atom. The number of benzene rings is 2. The van der Waals surface area contributed by atoms with E-state index in [0.29, 0.717) is 23.4 Å². The first kappa shape index (κ1) is 35.1. The zero-order valence-electron chi connectivity index (χ0n) is 21.5. The summed E-state index contributed by atoms with van der Waals surface area (Å²) < 4.78 is 163. The molecule has 0 spiro atoms. The van der Waals surface area contributed by atoms with Crippen LogP contribution in [0.4, 0.5) is 64.1 Å². The number of carbonyl (C=O) groups is 2. The lowest BCUT2D eigenvalue weighted by Crippen LogP contribution is -2.50. The molecular weight excluding hydrogens is 710 g/mol. The van der Waals surface area contributed by atoms with Crippen LogP contribution in [0.1, 0.15) is 38.3 Å². The van der Waals surface area contributed by atoms with E-state index >= 15 is 4.39 Å². The van der Waals surface area contributed by atoms with Gasteiger partial charge < -0.3 is 10.2 Å². The van der Waals surface area contributed by atoms with Gasteiger partial charge in [-0.25, -0.2) is 18.7 Å². The molecule has 0 fully saturated rings. The largest absolute Gasteiger partial charge is 0.435 e. The number of hydrogen-bond acceptors (Lipinski definition) is 5. The fourth-order valence-corrected chi connectivity index (χ4v) is 4.36. The highest BCUT2D eigenvalue weighted by Gasteiger charge is 2.73. The summed E-state index contributed by atoms with van der Waals surface area (Å²) >= 11 is 2.32. The van der Waals surface area contributed by atoms with Gasteiger partial charge >= 0.3 is 30.3 Å². The molecular formula is C25H12BrF12N5O2. The standard InChI is InChI=1S/C25H12BrF12N5O2/c26-15-8-12(22(29,24(33,34)35)25(36,37)38)7-14(23(30,31)32)18(15)42-19(44)13-3-1-4-16(17(13)27)43(6-2-5-39)20(45)11-9-40-21(28)41-10-11/h1,3-4,7-10H,2,6H2,(H,42,44). The predicted octanol–water partition coefficient (Wildman–Crippen LogP) is 7.64. The first-order valence-electron chi connectivity index (χ1n) is 11.6. The fourth-order valence-electron chi connectivity index (χ4n) is 3.80. The summed E-state index contributed by atoms with van der Waals surface area (Å²) in [4.78, 5) is 32.8. The highest BCUT2D eigenvalue weighted by molar-refractivity contribution is 9.10. The summed E-state index contributed by atoms with van der Waals surface area (Å²) in [6.07, 6.45) is -19.6. The lowest BCUT2D eigenvalue weighted by Gasteiger charge is -2.31. The molecule has 3 aromatic rings. The Labute approximate surface area is 251 Å². The van der Waals surface area contributed by atoms with Crippen molar-refractivity contribution in [2.75, 3.05) is 16.8 Å². The minimum absolute atomic E-state index is 0.286. The molecule has 0 unspecified atom stereocenters. The second-order valence-electron chi connectivity index (χ2n) is 8.73. The number of rotatable bonds is 7. The molecule has 20 heteroatoms. The zero-order chi connectivity index (χ0) is 34.1. The minimum atomic E-state index is -6.77. The van der Waals surface area contributed by atoms with Gasteiger partial charge in [-0.05, 0) is 40.2 Å². The van der Waals surface area contributed by atoms with Crippen molar-refractivity contribution in [1.82, 2.24) is 9.97 Å². The van der Waals surface area contributed by atoms with E-state index in [-0.39, 0.29) is 6.07 Å². The molecule has 3 rings (SSSR count). The van der Waals surface area contributed by atoms with E-state index in [0.717, 1.165) is 12.1 Å². The third kappa shape index (κ3) is 6.97. The van der Waals surface area contributed by atoms with Crippen molar-refractivity contribution in [3.63, 3.8) is 0 Å². The van der Waals surface area contributed by atoms with Gasteiger partial charge in [0.25, 0.3) is 11.8 Å². The molecule has 0 radical (unpaired) electrons. The molecule has 0 saturated carbocycles. The van der Waals surface area contributed by atoms with Crippen molar-refractivity contribution in [1.29, 1.82) is 5.26 Å². The summed E-state index contributed by atoms with van der Waals surface area (Å²) in [6.45, 7) is -0.538. The van der Waals surface area contributed by atoms with E-state index in [1.165, 1.54) is 5.32 Å². The Bertz CT molecular complexity index is 1640. The summed E-state index contributed by atoms with van der Waals surface area (Å²) in [5, 5.41) is 10.5. The molecule has 1 heterocycles. The van der Waals surface area contributed by atoms with E-state index in [2.05, 4.69) is 25.9 Å². The molecule has 0 aliphatic carbocycles. The fraction of sp³-hybridized carbons (Fsp3) is 0.240. The number of halogens is 13. The maximum absolute atomic E-state index is 15.6. The number of anilines is 2. The van der Waals surface area contributed by atoms with E-state index in [1.807, 2.05) is 0 Å². The lowest BCUT2D eigenvalue weighted by molar-refractivity contribution is -0.348. The summed E-state index contributed by atoms with van der Waals surface area (Å²) in [7, 11) is 0. The van der Waals surface area contributed by atoms with Crippen LogP contribution in [0.25, 0.3) is 0 Å².